The summed E-state index contributed by atoms with van der Waals surface area (Å²) in [5, 5.41) is 40.1. The van der Waals surface area contributed by atoms with Crippen molar-refractivity contribution in [3.8, 4) is 0 Å². The molecule has 0 saturated carbocycles. The van der Waals surface area contributed by atoms with E-state index in [4.69, 9.17) is 28.4 Å². The molecule has 2 aromatic rings. The maximum absolute atomic E-state index is 12.9. The number of ether oxygens (including phenoxy) is 6. The molecule has 0 bridgehead atoms. The van der Waals surface area contributed by atoms with Gasteiger partial charge in [0.25, 0.3) is 0 Å². The molecule has 2 heterocycles. The van der Waals surface area contributed by atoms with E-state index in [2.05, 4.69) is 0 Å². The second-order valence-corrected chi connectivity index (χ2v) is 12.8. The first-order chi connectivity index (χ1) is 20.5. The Balaban J connectivity index is 0.000000240. The third-order valence-electron chi connectivity index (χ3n) is 6.53. The molecule has 44 heavy (non-hydrogen) atoms. The molecule has 0 radical (unpaired) electrons. The highest BCUT2D eigenvalue weighted by molar-refractivity contribution is 5.16. The second-order valence-electron chi connectivity index (χ2n) is 12.8. The lowest BCUT2D eigenvalue weighted by Gasteiger charge is -2.41. The fraction of sp³-hybridized carbons (Fsp3) is 0.625. The summed E-state index contributed by atoms with van der Waals surface area (Å²) in [4.78, 5) is 0. The van der Waals surface area contributed by atoms with Crippen LogP contribution in [0.2, 0.25) is 0 Å². The molecule has 0 unspecified atom stereocenters. The lowest BCUT2D eigenvalue weighted by molar-refractivity contribution is -0.290. The summed E-state index contributed by atoms with van der Waals surface area (Å²) in [5.41, 5.74) is 0.506. The number of aliphatic hydroxyl groups is 4. The van der Waals surface area contributed by atoms with Crippen LogP contribution in [0.3, 0.4) is 0 Å². The van der Waals surface area contributed by atoms with Crippen LogP contribution in [0.15, 0.2) is 48.5 Å². The quantitative estimate of drug-likeness (QED) is 0.345. The summed E-state index contributed by atoms with van der Waals surface area (Å²) in [6, 6.07) is 11.7. The Morgan fingerprint density at radius 3 is 1.20 bits per heavy atom. The van der Waals surface area contributed by atoms with E-state index in [1.807, 2.05) is 41.5 Å². The van der Waals surface area contributed by atoms with Gasteiger partial charge in [-0.1, -0.05) is 24.3 Å². The van der Waals surface area contributed by atoms with Crippen molar-refractivity contribution < 1.29 is 57.6 Å². The molecular weight excluding hydrogens is 582 g/mol. The molecule has 248 valence electrons. The number of hydrogen-bond donors (Lipinski definition) is 4. The largest absolute Gasteiger partial charge is 0.388 e. The third-order valence-corrected chi connectivity index (χ3v) is 6.53. The maximum Gasteiger partial charge on any atom is 0.183 e. The van der Waals surface area contributed by atoms with Crippen molar-refractivity contribution in [2.24, 2.45) is 0 Å². The molecular formula is C32H46F2O10. The minimum atomic E-state index is -1.18. The molecule has 12 heteroatoms. The van der Waals surface area contributed by atoms with Gasteiger partial charge < -0.3 is 48.8 Å². The average molecular weight is 629 g/mol. The van der Waals surface area contributed by atoms with Crippen LogP contribution in [0.4, 0.5) is 8.78 Å². The van der Waals surface area contributed by atoms with Gasteiger partial charge in [-0.2, -0.15) is 0 Å². The van der Waals surface area contributed by atoms with Gasteiger partial charge in [0.05, 0.1) is 37.6 Å². The van der Waals surface area contributed by atoms with Gasteiger partial charge in [-0.3, -0.25) is 0 Å². The summed E-state index contributed by atoms with van der Waals surface area (Å²) >= 11 is 0. The molecule has 2 aromatic carbocycles. The zero-order valence-corrected chi connectivity index (χ0v) is 26.1. The molecule has 4 rings (SSSR count). The van der Waals surface area contributed by atoms with Crippen molar-refractivity contribution in [3.63, 3.8) is 0 Å². The Hall–Kier alpha value is -2.10. The zero-order chi connectivity index (χ0) is 32.7. The van der Waals surface area contributed by atoms with Crippen LogP contribution >= 0.6 is 0 Å². The predicted molar refractivity (Wildman–Crippen MR) is 155 cm³/mol. The van der Waals surface area contributed by atoms with Crippen LogP contribution < -0.4 is 0 Å². The Labute approximate surface area is 257 Å². The Morgan fingerprint density at radius 2 is 0.909 bits per heavy atom. The fourth-order valence-corrected chi connectivity index (χ4v) is 4.54. The highest BCUT2D eigenvalue weighted by Crippen LogP contribution is 2.27. The number of rotatable bonds is 8. The van der Waals surface area contributed by atoms with E-state index >= 15 is 0 Å². The van der Waals surface area contributed by atoms with E-state index in [9.17, 15) is 29.2 Å². The van der Waals surface area contributed by atoms with Crippen molar-refractivity contribution >= 4 is 0 Å². The molecule has 2 aliphatic rings. The number of hydrogen-bond acceptors (Lipinski definition) is 10. The third kappa shape index (κ3) is 11.7. The molecule has 2 fully saturated rings. The molecule has 2 saturated heterocycles. The molecule has 2 aliphatic heterocycles. The Bertz CT molecular complexity index is 1030. The fourth-order valence-electron chi connectivity index (χ4n) is 4.54. The number of halogens is 2. The minimum Gasteiger partial charge on any atom is -0.388 e. The van der Waals surface area contributed by atoms with Gasteiger partial charge in [-0.25, -0.2) is 8.78 Å². The van der Waals surface area contributed by atoms with Crippen LogP contribution in [0.5, 0.6) is 0 Å². The molecule has 0 spiro atoms. The molecule has 0 aromatic heterocycles. The van der Waals surface area contributed by atoms with Crippen molar-refractivity contribution in [2.45, 2.75) is 115 Å². The van der Waals surface area contributed by atoms with Crippen LogP contribution in [-0.2, 0) is 41.6 Å². The van der Waals surface area contributed by atoms with Crippen LogP contribution in [0.1, 0.15) is 52.7 Å². The summed E-state index contributed by atoms with van der Waals surface area (Å²) in [5.74, 6) is -0.650. The van der Waals surface area contributed by atoms with E-state index in [1.54, 1.807) is 24.3 Å². The van der Waals surface area contributed by atoms with Crippen LogP contribution in [0.25, 0.3) is 0 Å². The summed E-state index contributed by atoms with van der Waals surface area (Å²) in [6.45, 7) is 11.4. The highest BCUT2D eigenvalue weighted by Gasteiger charge is 2.43. The van der Waals surface area contributed by atoms with Gasteiger partial charge in [0, 0.05) is 0 Å². The maximum atomic E-state index is 12.9. The van der Waals surface area contributed by atoms with Gasteiger partial charge in [0.15, 0.2) is 12.6 Å². The summed E-state index contributed by atoms with van der Waals surface area (Å²) in [7, 11) is 0. The number of benzene rings is 2. The first kappa shape index (κ1) is 36.4. The molecule has 0 amide bonds. The second kappa shape index (κ2) is 15.9. The van der Waals surface area contributed by atoms with Gasteiger partial charge in [0.1, 0.15) is 48.3 Å². The van der Waals surface area contributed by atoms with Crippen molar-refractivity contribution in [1.82, 2.24) is 0 Å². The molecule has 8 atom stereocenters. The van der Waals surface area contributed by atoms with Gasteiger partial charge in [-0.15, -0.1) is 0 Å². The average Bonchev–Trinajstić information content (AvgIpc) is 2.93. The lowest BCUT2D eigenvalue weighted by atomic mass is 10.0. The highest BCUT2D eigenvalue weighted by atomic mass is 19.1. The van der Waals surface area contributed by atoms with Crippen LogP contribution in [-0.4, -0.2) is 94.0 Å². The first-order valence-electron chi connectivity index (χ1n) is 14.6. The first-order valence-corrected chi connectivity index (χ1v) is 14.6. The van der Waals surface area contributed by atoms with E-state index in [-0.39, 0.29) is 38.1 Å². The summed E-state index contributed by atoms with van der Waals surface area (Å²) in [6.07, 6.45) is -7.21. The zero-order valence-electron chi connectivity index (χ0n) is 26.1. The topological polar surface area (TPSA) is 136 Å². The van der Waals surface area contributed by atoms with Crippen LogP contribution in [0, 0.1) is 11.6 Å². The molecule has 10 nitrogen and oxygen atoms in total. The van der Waals surface area contributed by atoms with Crippen molar-refractivity contribution in [1.29, 1.82) is 0 Å². The van der Waals surface area contributed by atoms with E-state index in [1.165, 1.54) is 24.3 Å². The predicted octanol–water partition coefficient (Wildman–Crippen LogP) is 3.21. The smallest absolute Gasteiger partial charge is 0.183 e. The van der Waals surface area contributed by atoms with E-state index < -0.39 is 60.4 Å². The lowest BCUT2D eigenvalue weighted by Crippen LogP contribution is -2.57. The molecule has 4 N–H and O–H groups in total. The Morgan fingerprint density at radius 1 is 0.591 bits per heavy atom. The SMILES string of the molecule is CC(C)(C)O[C@@H]1[C@@H](OCc2ccc(F)cc2)[C@@H](O)OC[C@@H]1O.CC(C)(C)O[C@@H]1[C@@H](OCc2ccc(F)cc2)[C@H](O)OC[C@@H]1O. The van der Waals surface area contributed by atoms with E-state index in [0.29, 0.717) is 0 Å². The van der Waals surface area contributed by atoms with Gasteiger partial charge >= 0.3 is 0 Å². The summed E-state index contributed by atoms with van der Waals surface area (Å²) < 4.78 is 58.9. The van der Waals surface area contributed by atoms with Gasteiger partial charge in [0.2, 0.25) is 0 Å². The Kier molecular flexibility index (Phi) is 13.2. The molecule has 0 aliphatic carbocycles. The van der Waals surface area contributed by atoms with Crippen molar-refractivity contribution in [3.05, 3.63) is 71.3 Å². The standard InChI is InChI=1S/2C16H23FO5/c2*1-16(2,3)22-13-12(18)9-21-15(19)14(13)20-8-10-4-6-11(17)7-5-10/h2*4-7,12-15,18-19H,8-9H2,1-3H3/t12-,13-,14+,15+;12-,13-,14+,15-/m00/s1. The van der Waals surface area contributed by atoms with Crippen molar-refractivity contribution in [2.75, 3.05) is 13.2 Å². The van der Waals surface area contributed by atoms with Gasteiger partial charge in [-0.05, 0) is 76.9 Å². The normalized spacial score (nSPS) is 29.5. The number of aliphatic hydroxyl groups excluding tert-OH is 4. The monoisotopic (exact) mass is 628 g/mol. The minimum absolute atomic E-state index is 0.0156. The van der Waals surface area contributed by atoms with E-state index in [0.717, 1.165) is 11.1 Å².